The maximum absolute atomic E-state index is 15.1. The van der Waals surface area contributed by atoms with Crippen LogP contribution in [0, 0.1) is 12.7 Å². The number of likely N-dealkylation sites (tertiary alicyclic amines) is 1. The van der Waals surface area contributed by atoms with Gasteiger partial charge < -0.3 is 30.7 Å². The number of pyridine rings is 4. The molecule has 0 bridgehead atoms. The highest BCUT2D eigenvalue weighted by atomic mass is 19.1. The van der Waals surface area contributed by atoms with Crippen LogP contribution >= 0.6 is 0 Å². The van der Waals surface area contributed by atoms with Gasteiger partial charge in [-0.1, -0.05) is 18.2 Å². The van der Waals surface area contributed by atoms with Crippen molar-refractivity contribution in [3.05, 3.63) is 95.1 Å². The van der Waals surface area contributed by atoms with Crippen LogP contribution in [0.4, 0.5) is 15.8 Å². The Kier molecular flexibility index (Phi) is 8.60. The Morgan fingerprint density at radius 2 is 1.55 bits per heavy atom. The number of benzene rings is 2. The van der Waals surface area contributed by atoms with Gasteiger partial charge in [0.2, 0.25) is 0 Å². The maximum Gasteiger partial charge on any atom is 0.259 e. The van der Waals surface area contributed by atoms with E-state index in [-0.39, 0.29) is 24.4 Å². The number of amides is 2. The quantitative estimate of drug-likeness (QED) is 0.195. The van der Waals surface area contributed by atoms with Crippen molar-refractivity contribution in [1.82, 2.24) is 48.8 Å². The summed E-state index contributed by atoms with van der Waals surface area (Å²) < 4.78 is 19.0. The summed E-state index contributed by atoms with van der Waals surface area (Å²) >= 11 is 0. The van der Waals surface area contributed by atoms with Gasteiger partial charge in [0.1, 0.15) is 28.2 Å². The maximum atomic E-state index is 15.1. The number of fused-ring (bicyclic) bond motifs is 10. The number of aryl methyl sites for hydroxylation is 1. The number of carbonyl (C=O) groups is 2. The highest BCUT2D eigenvalue weighted by molar-refractivity contribution is 6.15. The zero-order valence-electron chi connectivity index (χ0n) is 32.8. The van der Waals surface area contributed by atoms with Crippen molar-refractivity contribution in [2.45, 2.75) is 25.9 Å². The molecule has 15 heteroatoms. The summed E-state index contributed by atoms with van der Waals surface area (Å²) in [4.78, 5) is 54.8. The van der Waals surface area contributed by atoms with E-state index in [4.69, 9.17) is 15.0 Å². The SMILES string of the molecule is CNc1c(C(=O)N2CCCN(C)CC2)c2nc3ccc(CNc4c(C(=O)NC5CN(C)C5)c5nc6ccccc6n5c5ncc(F)cc45)cc3n2c2nc(C)ccc12. The third-order valence-corrected chi connectivity index (χ3v) is 11.6. The largest absolute Gasteiger partial charge is 0.387 e. The van der Waals surface area contributed by atoms with Gasteiger partial charge in [0.15, 0.2) is 11.3 Å². The number of hydrogen-bond acceptors (Lipinski definition) is 10. The van der Waals surface area contributed by atoms with Gasteiger partial charge in [-0.05, 0) is 82.0 Å². The fourth-order valence-electron chi connectivity index (χ4n) is 8.72. The lowest BCUT2D eigenvalue weighted by molar-refractivity contribution is 0.0764. The van der Waals surface area contributed by atoms with Crippen molar-refractivity contribution in [3.63, 3.8) is 0 Å². The Labute approximate surface area is 332 Å². The van der Waals surface area contributed by atoms with Crippen LogP contribution in [-0.2, 0) is 6.54 Å². The molecule has 0 unspecified atom stereocenters. The molecule has 14 nitrogen and oxygen atoms in total. The molecule has 2 fully saturated rings. The topological polar surface area (TPSA) is 140 Å². The summed E-state index contributed by atoms with van der Waals surface area (Å²) in [5.74, 6) is -0.893. The summed E-state index contributed by atoms with van der Waals surface area (Å²) in [5.41, 5.74) is 8.73. The van der Waals surface area contributed by atoms with Gasteiger partial charge in [0, 0.05) is 62.8 Å². The van der Waals surface area contributed by atoms with Crippen LogP contribution in [0.3, 0.4) is 0 Å². The molecule has 2 aromatic carbocycles. The lowest BCUT2D eigenvalue weighted by Crippen LogP contribution is -2.57. The number of imidazole rings is 2. The Morgan fingerprint density at radius 1 is 0.776 bits per heavy atom. The first-order valence-corrected chi connectivity index (χ1v) is 19.7. The Morgan fingerprint density at radius 3 is 2.36 bits per heavy atom. The predicted octanol–water partition coefficient (Wildman–Crippen LogP) is 5.31. The molecule has 3 N–H and O–H groups in total. The molecule has 2 aliphatic rings. The van der Waals surface area contributed by atoms with Crippen LogP contribution in [0.25, 0.3) is 55.4 Å². The van der Waals surface area contributed by atoms with Crippen LogP contribution in [0.1, 0.15) is 38.4 Å². The lowest BCUT2D eigenvalue weighted by atomic mass is 10.1. The molecular formula is C43H43FN12O2. The third kappa shape index (κ3) is 5.83. The van der Waals surface area contributed by atoms with Crippen molar-refractivity contribution < 1.29 is 14.0 Å². The molecule has 2 saturated heterocycles. The van der Waals surface area contributed by atoms with Crippen molar-refractivity contribution in [2.75, 3.05) is 71.0 Å². The highest BCUT2D eigenvalue weighted by Gasteiger charge is 2.31. The first-order valence-electron chi connectivity index (χ1n) is 19.7. The van der Waals surface area contributed by atoms with Gasteiger partial charge in [-0.3, -0.25) is 18.4 Å². The number of nitrogens with one attached hydrogen (secondary N) is 3. The lowest BCUT2D eigenvalue weighted by Gasteiger charge is -2.36. The Hall–Kier alpha value is -6.45. The van der Waals surface area contributed by atoms with Crippen molar-refractivity contribution in [2.24, 2.45) is 0 Å². The zero-order chi connectivity index (χ0) is 39.8. The number of carbonyl (C=O) groups excluding carboxylic acids is 2. The molecule has 10 rings (SSSR count). The molecule has 2 amide bonds. The van der Waals surface area contributed by atoms with E-state index in [2.05, 4.69) is 37.8 Å². The number of aromatic nitrogens is 6. The van der Waals surface area contributed by atoms with E-state index >= 15 is 4.39 Å². The molecule has 0 spiro atoms. The first-order chi connectivity index (χ1) is 28.2. The van der Waals surface area contributed by atoms with Crippen molar-refractivity contribution >= 4 is 78.6 Å². The monoisotopic (exact) mass is 778 g/mol. The highest BCUT2D eigenvalue weighted by Crippen LogP contribution is 2.37. The molecule has 0 atom stereocenters. The van der Waals surface area contributed by atoms with Crippen LogP contribution in [0.15, 0.2) is 66.9 Å². The van der Waals surface area contributed by atoms with Crippen molar-refractivity contribution in [3.8, 4) is 0 Å². The fourth-order valence-corrected chi connectivity index (χ4v) is 8.72. The summed E-state index contributed by atoms with van der Waals surface area (Å²) in [6.07, 6.45) is 2.07. The molecule has 6 aromatic heterocycles. The second kappa shape index (κ2) is 13.9. The second-order valence-electron chi connectivity index (χ2n) is 15.6. The Balaban J connectivity index is 1.12. The minimum Gasteiger partial charge on any atom is -0.387 e. The third-order valence-electron chi connectivity index (χ3n) is 11.6. The van der Waals surface area contributed by atoms with Crippen LogP contribution in [0.2, 0.25) is 0 Å². The van der Waals surface area contributed by atoms with E-state index < -0.39 is 5.82 Å². The summed E-state index contributed by atoms with van der Waals surface area (Å²) in [6, 6.07) is 18.9. The number of para-hydroxylation sites is 2. The van der Waals surface area contributed by atoms with Gasteiger partial charge in [0.25, 0.3) is 11.8 Å². The second-order valence-corrected chi connectivity index (χ2v) is 15.6. The number of hydrogen-bond donors (Lipinski definition) is 3. The number of anilines is 2. The summed E-state index contributed by atoms with van der Waals surface area (Å²) in [7, 11) is 5.92. The normalized spacial score (nSPS) is 15.8. The number of likely N-dealkylation sites (N-methyl/N-ethyl adjacent to an activating group) is 2. The molecule has 0 radical (unpaired) electrons. The van der Waals surface area contributed by atoms with E-state index in [1.807, 2.05) is 89.3 Å². The van der Waals surface area contributed by atoms with E-state index in [9.17, 15) is 9.59 Å². The number of halogens is 1. The summed E-state index contributed by atoms with van der Waals surface area (Å²) in [6.45, 7) is 6.68. The van der Waals surface area contributed by atoms with E-state index in [1.54, 1.807) is 0 Å². The van der Waals surface area contributed by atoms with Crippen LogP contribution < -0.4 is 16.0 Å². The van der Waals surface area contributed by atoms with Gasteiger partial charge in [-0.15, -0.1) is 0 Å². The van der Waals surface area contributed by atoms with E-state index in [0.717, 1.165) is 60.3 Å². The van der Waals surface area contributed by atoms with Crippen LogP contribution in [0.5, 0.6) is 0 Å². The number of nitrogens with zero attached hydrogens (tertiary/aromatic N) is 9. The first kappa shape index (κ1) is 35.9. The molecule has 0 saturated carbocycles. The smallest absolute Gasteiger partial charge is 0.259 e. The van der Waals surface area contributed by atoms with E-state index in [1.165, 1.54) is 12.3 Å². The van der Waals surface area contributed by atoms with Gasteiger partial charge in [-0.2, -0.15) is 0 Å². The van der Waals surface area contributed by atoms with Crippen molar-refractivity contribution in [1.29, 1.82) is 0 Å². The zero-order valence-corrected chi connectivity index (χ0v) is 32.8. The number of rotatable bonds is 7. The van der Waals surface area contributed by atoms with Crippen LogP contribution in [-0.4, -0.2) is 122 Å². The average molecular weight is 779 g/mol. The molecule has 58 heavy (non-hydrogen) atoms. The minimum absolute atomic E-state index is 0.0263. The van der Waals surface area contributed by atoms with Gasteiger partial charge >= 0.3 is 0 Å². The fraction of sp³-hybridized carbons (Fsp3) is 0.302. The molecule has 0 aliphatic carbocycles. The van der Waals surface area contributed by atoms with E-state index in [0.29, 0.717) is 74.6 Å². The average Bonchev–Trinajstić information content (AvgIpc) is 3.70. The molecular weight excluding hydrogens is 736 g/mol. The summed E-state index contributed by atoms with van der Waals surface area (Å²) in [5, 5.41) is 11.3. The van der Waals surface area contributed by atoms with Gasteiger partial charge in [-0.25, -0.2) is 24.3 Å². The molecule has 294 valence electrons. The molecule has 2 aliphatic heterocycles. The Bertz CT molecular complexity index is 2990. The molecule has 8 heterocycles. The van der Waals surface area contributed by atoms with Gasteiger partial charge in [0.05, 0.1) is 45.7 Å². The molecule has 8 aromatic rings. The predicted molar refractivity (Wildman–Crippen MR) is 224 cm³/mol. The minimum atomic E-state index is -0.522. The standard InChI is InChI=1S/C43H43FN12O2/c1-24-10-12-28-36(45-2)35(43(58)54-15-7-14-52(3)16-17-54)41-51-31-13-11-25(18-33(31)56(41)39(28)48-24)20-46-37-29-19-26(44)21-47-38(29)55-32-9-6-5-8-30(32)50-40(55)34(37)42(57)49-27-22-53(4)23-27/h5-6,8-13,18-19,21,27,45-46H,7,14-17,20,22-23H2,1-4H3,(H,49,57).